The molecule has 106 valence electrons. The van der Waals surface area contributed by atoms with Crippen molar-refractivity contribution in [2.75, 3.05) is 0 Å². The molecule has 0 fully saturated rings. The SMILES string of the molecule is N/C(=N/O)c1ccc(Sc2ncnc3nc[nH]c23)cc1Br. The van der Waals surface area contributed by atoms with Crippen molar-refractivity contribution in [3.63, 3.8) is 0 Å². The van der Waals surface area contributed by atoms with Gasteiger partial charge in [-0.3, -0.25) is 0 Å². The summed E-state index contributed by atoms with van der Waals surface area (Å²) in [6.45, 7) is 0. The lowest BCUT2D eigenvalue weighted by Crippen LogP contribution is -2.13. The average molecular weight is 365 g/mol. The molecule has 0 saturated heterocycles. The monoisotopic (exact) mass is 364 g/mol. The molecule has 2 heterocycles. The molecule has 0 radical (unpaired) electrons. The molecule has 4 N–H and O–H groups in total. The number of aromatic nitrogens is 4. The van der Waals surface area contributed by atoms with Gasteiger partial charge in [0.2, 0.25) is 0 Å². The summed E-state index contributed by atoms with van der Waals surface area (Å²) in [5.74, 6) is 0.0522. The van der Waals surface area contributed by atoms with E-state index in [1.54, 1.807) is 12.4 Å². The van der Waals surface area contributed by atoms with Gasteiger partial charge in [-0.15, -0.1) is 0 Å². The summed E-state index contributed by atoms with van der Waals surface area (Å²) < 4.78 is 0.734. The second-order valence-electron chi connectivity index (χ2n) is 4.01. The molecular weight excluding hydrogens is 356 g/mol. The van der Waals surface area contributed by atoms with E-state index in [1.165, 1.54) is 18.1 Å². The van der Waals surface area contributed by atoms with Crippen molar-refractivity contribution >= 4 is 44.7 Å². The zero-order chi connectivity index (χ0) is 14.8. The van der Waals surface area contributed by atoms with Gasteiger partial charge < -0.3 is 15.9 Å². The Hall–Kier alpha value is -2.13. The molecule has 0 spiro atoms. The lowest BCUT2D eigenvalue weighted by atomic mass is 10.2. The van der Waals surface area contributed by atoms with Gasteiger partial charge in [0, 0.05) is 14.9 Å². The Balaban J connectivity index is 1.95. The molecule has 0 atom stereocenters. The fourth-order valence-electron chi connectivity index (χ4n) is 1.75. The first-order valence-electron chi connectivity index (χ1n) is 5.78. The van der Waals surface area contributed by atoms with Crippen LogP contribution in [-0.4, -0.2) is 31.0 Å². The Morgan fingerprint density at radius 2 is 2.19 bits per heavy atom. The number of nitrogens with zero attached hydrogens (tertiary/aromatic N) is 4. The molecule has 2 aromatic heterocycles. The number of imidazole rings is 1. The smallest absolute Gasteiger partial charge is 0.181 e. The van der Waals surface area contributed by atoms with Gasteiger partial charge in [0.15, 0.2) is 11.5 Å². The standard InChI is InChI=1S/C12H9BrN6OS/c13-8-3-6(1-2-7(8)10(14)19-20)21-12-9-11(16-4-15-9)17-5-18-12/h1-5,20H,(H2,14,19)(H,15,16,17,18). The predicted octanol–water partition coefficient (Wildman–Crippen LogP) is 2.36. The Morgan fingerprint density at radius 1 is 1.33 bits per heavy atom. The third-order valence-corrected chi connectivity index (χ3v) is 4.38. The first kappa shape index (κ1) is 13.8. The Bertz CT molecular complexity index is 833. The molecule has 3 rings (SSSR count). The van der Waals surface area contributed by atoms with Gasteiger partial charge in [0.05, 0.1) is 6.33 Å². The van der Waals surface area contributed by atoms with Crippen LogP contribution < -0.4 is 5.73 Å². The molecule has 0 aliphatic heterocycles. The molecular formula is C12H9BrN6OS. The average Bonchev–Trinajstić information content (AvgIpc) is 2.96. The zero-order valence-corrected chi connectivity index (χ0v) is 12.9. The van der Waals surface area contributed by atoms with Crippen molar-refractivity contribution in [1.29, 1.82) is 0 Å². The quantitative estimate of drug-likeness (QED) is 0.216. The van der Waals surface area contributed by atoms with Gasteiger partial charge in [-0.2, -0.15) is 0 Å². The molecule has 0 unspecified atom stereocenters. The number of benzene rings is 1. The first-order valence-corrected chi connectivity index (χ1v) is 7.39. The third kappa shape index (κ3) is 2.69. The highest BCUT2D eigenvalue weighted by atomic mass is 79.9. The van der Waals surface area contributed by atoms with Crippen molar-refractivity contribution in [1.82, 2.24) is 19.9 Å². The maximum absolute atomic E-state index is 8.72. The highest BCUT2D eigenvalue weighted by molar-refractivity contribution is 9.10. The minimum absolute atomic E-state index is 0.0522. The maximum atomic E-state index is 8.72. The number of H-pyrrole nitrogens is 1. The first-order chi connectivity index (χ1) is 10.2. The lowest BCUT2D eigenvalue weighted by Gasteiger charge is -2.06. The van der Waals surface area contributed by atoms with Crippen LogP contribution in [-0.2, 0) is 0 Å². The second kappa shape index (κ2) is 5.70. The number of oxime groups is 1. The highest BCUT2D eigenvalue weighted by Crippen LogP contribution is 2.32. The van der Waals surface area contributed by atoms with Gasteiger partial charge in [-0.25, -0.2) is 15.0 Å². The predicted molar refractivity (Wildman–Crippen MR) is 82.5 cm³/mol. The number of hydrogen-bond acceptors (Lipinski definition) is 6. The summed E-state index contributed by atoms with van der Waals surface area (Å²) in [6.07, 6.45) is 3.06. The minimum atomic E-state index is 0.0522. The van der Waals surface area contributed by atoms with Crippen LogP contribution in [0.5, 0.6) is 0 Å². The van der Waals surface area contributed by atoms with Gasteiger partial charge in [0.1, 0.15) is 16.9 Å². The molecule has 21 heavy (non-hydrogen) atoms. The third-order valence-electron chi connectivity index (χ3n) is 2.73. The van der Waals surface area contributed by atoms with E-state index >= 15 is 0 Å². The summed E-state index contributed by atoms with van der Waals surface area (Å²) in [6, 6.07) is 5.52. The largest absolute Gasteiger partial charge is 0.409 e. The molecule has 1 aromatic carbocycles. The number of amidine groups is 1. The van der Waals surface area contributed by atoms with Crippen molar-refractivity contribution < 1.29 is 5.21 Å². The highest BCUT2D eigenvalue weighted by Gasteiger charge is 2.10. The summed E-state index contributed by atoms with van der Waals surface area (Å²) in [4.78, 5) is 16.4. The molecule has 0 amide bonds. The van der Waals surface area contributed by atoms with Crippen LogP contribution in [0, 0.1) is 0 Å². The van der Waals surface area contributed by atoms with E-state index in [2.05, 4.69) is 41.0 Å². The summed E-state index contributed by atoms with van der Waals surface area (Å²) in [5.41, 5.74) is 7.62. The molecule has 7 nitrogen and oxygen atoms in total. The van der Waals surface area contributed by atoms with Crippen molar-refractivity contribution in [2.24, 2.45) is 10.9 Å². The van der Waals surface area contributed by atoms with E-state index in [-0.39, 0.29) is 5.84 Å². The van der Waals surface area contributed by atoms with Gasteiger partial charge in [-0.1, -0.05) is 16.9 Å². The summed E-state index contributed by atoms with van der Waals surface area (Å²) >= 11 is 4.87. The number of nitrogens with one attached hydrogen (secondary N) is 1. The summed E-state index contributed by atoms with van der Waals surface area (Å²) in [7, 11) is 0. The number of nitrogens with two attached hydrogens (primary N) is 1. The minimum Gasteiger partial charge on any atom is -0.409 e. The van der Waals surface area contributed by atoms with E-state index in [0.717, 1.165) is 19.9 Å². The van der Waals surface area contributed by atoms with Crippen LogP contribution >= 0.6 is 27.7 Å². The topological polar surface area (TPSA) is 113 Å². The van der Waals surface area contributed by atoms with Crippen LogP contribution in [0.15, 0.2) is 50.4 Å². The Kier molecular flexibility index (Phi) is 3.76. The molecule has 0 bridgehead atoms. The van der Waals surface area contributed by atoms with Gasteiger partial charge in [-0.05, 0) is 34.1 Å². The Morgan fingerprint density at radius 3 is 2.95 bits per heavy atom. The lowest BCUT2D eigenvalue weighted by molar-refractivity contribution is 0.318. The van der Waals surface area contributed by atoms with Crippen molar-refractivity contribution in [3.8, 4) is 0 Å². The fourth-order valence-corrected chi connectivity index (χ4v) is 3.37. The van der Waals surface area contributed by atoms with E-state index in [0.29, 0.717) is 11.2 Å². The molecule has 0 aliphatic carbocycles. The Labute approximate surface area is 131 Å². The second-order valence-corrected chi connectivity index (χ2v) is 5.93. The van der Waals surface area contributed by atoms with E-state index < -0.39 is 0 Å². The maximum Gasteiger partial charge on any atom is 0.181 e. The molecule has 0 saturated carbocycles. The van der Waals surface area contributed by atoms with Crippen molar-refractivity contribution in [3.05, 3.63) is 40.9 Å². The van der Waals surface area contributed by atoms with Crippen LogP contribution in [0.3, 0.4) is 0 Å². The van der Waals surface area contributed by atoms with E-state index in [1.807, 2.05) is 12.1 Å². The number of aromatic amines is 1. The molecule has 9 heteroatoms. The van der Waals surface area contributed by atoms with Crippen LogP contribution in [0.2, 0.25) is 0 Å². The van der Waals surface area contributed by atoms with Gasteiger partial charge in [0.25, 0.3) is 0 Å². The number of hydrogen-bond donors (Lipinski definition) is 3. The van der Waals surface area contributed by atoms with Crippen molar-refractivity contribution in [2.45, 2.75) is 9.92 Å². The van der Waals surface area contributed by atoms with E-state index in [4.69, 9.17) is 10.9 Å². The number of halogens is 1. The number of rotatable bonds is 3. The van der Waals surface area contributed by atoms with Gasteiger partial charge >= 0.3 is 0 Å². The normalized spacial score (nSPS) is 12.0. The zero-order valence-electron chi connectivity index (χ0n) is 10.5. The van der Waals surface area contributed by atoms with Crippen LogP contribution in [0.1, 0.15) is 5.56 Å². The van der Waals surface area contributed by atoms with E-state index in [9.17, 15) is 0 Å². The number of fused-ring (bicyclic) bond motifs is 1. The molecule has 3 aromatic rings. The fraction of sp³-hybridized carbons (Fsp3) is 0. The summed E-state index contributed by atoms with van der Waals surface area (Å²) in [5, 5.41) is 12.5. The van der Waals surface area contributed by atoms with Crippen LogP contribution in [0.4, 0.5) is 0 Å². The van der Waals surface area contributed by atoms with Crippen LogP contribution in [0.25, 0.3) is 11.2 Å². The molecule has 0 aliphatic rings.